The van der Waals surface area contributed by atoms with Crippen LogP contribution in [0.2, 0.25) is 0 Å². The van der Waals surface area contributed by atoms with Crippen molar-refractivity contribution in [3.63, 3.8) is 0 Å². The van der Waals surface area contributed by atoms with Crippen LogP contribution in [0.15, 0.2) is 30.6 Å². The SMILES string of the molecule is CN(C)Nc1ncnc(Nc2ccccc2F)c1N. The lowest BCUT2D eigenvalue weighted by atomic mass is 10.3. The second-order valence-electron chi connectivity index (χ2n) is 4.10. The van der Waals surface area contributed by atoms with Gasteiger partial charge in [-0.05, 0) is 12.1 Å². The lowest BCUT2D eigenvalue weighted by Gasteiger charge is -2.16. The Bertz CT molecular complexity index is 572. The highest BCUT2D eigenvalue weighted by Crippen LogP contribution is 2.26. The minimum atomic E-state index is -0.373. The fourth-order valence-electron chi connectivity index (χ4n) is 1.49. The Balaban J connectivity index is 2.28. The molecule has 0 bridgehead atoms. The zero-order chi connectivity index (χ0) is 13.8. The predicted molar refractivity (Wildman–Crippen MR) is 73.4 cm³/mol. The Morgan fingerprint density at radius 2 is 1.84 bits per heavy atom. The van der Waals surface area contributed by atoms with E-state index in [1.807, 2.05) is 14.1 Å². The van der Waals surface area contributed by atoms with Crippen LogP contribution in [-0.2, 0) is 0 Å². The van der Waals surface area contributed by atoms with Crippen molar-refractivity contribution in [2.75, 3.05) is 30.6 Å². The second kappa shape index (κ2) is 5.49. The molecule has 0 saturated heterocycles. The molecule has 0 radical (unpaired) electrons. The number of halogens is 1. The summed E-state index contributed by atoms with van der Waals surface area (Å²) in [5, 5.41) is 4.54. The van der Waals surface area contributed by atoms with Crippen molar-refractivity contribution < 1.29 is 4.39 Å². The van der Waals surface area contributed by atoms with Crippen LogP contribution in [0.5, 0.6) is 0 Å². The van der Waals surface area contributed by atoms with E-state index in [0.717, 1.165) is 0 Å². The van der Waals surface area contributed by atoms with E-state index in [2.05, 4.69) is 20.7 Å². The second-order valence-corrected chi connectivity index (χ2v) is 4.10. The van der Waals surface area contributed by atoms with Gasteiger partial charge in [-0.15, -0.1) is 0 Å². The van der Waals surface area contributed by atoms with E-state index in [4.69, 9.17) is 5.73 Å². The van der Waals surface area contributed by atoms with Crippen LogP contribution in [0.4, 0.5) is 27.4 Å². The molecule has 1 aromatic heterocycles. The topological polar surface area (TPSA) is 79.1 Å². The molecule has 1 aromatic carbocycles. The van der Waals surface area contributed by atoms with Gasteiger partial charge in [0.05, 0.1) is 5.69 Å². The minimum Gasteiger partial charge on any atom is -0.393 e. The van der Waals surface area contributed by atoms with Gasteiger partial charge in [-0.1, -0.05) is 12.1 Å². The highest BCUT2D eigenvalue weighted by atomic mass is 19.1. The Morgan fingerprint density at radius 1 is 1.16 bits per heavy atom. The van der Waals surface area contributed by atoms with Gasteiger partial charge in [0.1, 0.15) is 17.8 Å². The summed E-state index contributed by atoms with van der Waals surface area (Å²) in [6.45, 7) is 0. The Labute approximate surface area is 110 Å². The number of benzene rings is 1. The summed E-state index contributed by atoms with van der Waals surface area (Å²) in [4.78, 5) is 8.03. The molecule has 100 valence electrons. The summed E-state index contributed by atoms with van der Waals surface area (Å²) in [5.41, 5.74) is 9.50. The van der Waals surface area contributed by atoms with Crippen molar-refractivity contribution in [1.29, 1.82) is 0 Å². The summed E-state index contributed by atoms with van der Waals surface area (Å²) in [6, 6.07) is 6.30. The summed E-state index contributed by atoms with van der Waals surface area (Å²) in [6.07, 6.45) is 1.35. The molecule has 0 fully saturated rings. The zero-order valence-electron chi connectivity index (χ0n) is 10.7. The van der Waals surface area contributed by atoms with Crippen LogP contribution < -0.4 is 16.5 Å². The van der Waals surface area contributed by atoms with E-state index in [-0.39, 0.29) is 5.82 Å². The number of hydrazine groups is 1. The fourth-order valence-corrected chi connectivity index (χ4v) is 1.49. The third-order valence-corrected chi connectivity index (χ3v) is 2.34. The monoisotopic (exact) mass is 262 g/mol. The van der Waals surface area contributed by atoms with Gasteiger partial charge >= 0.3 is 0 Å². The first-order chi connectivity index (χ1) is 9.08. The fraction of sp³-hybridized carbons (Fsp3) is 0.167. The van der Waals surface area contributed by atoms with Crippen LogP contribution in [-0.4, -0.2) is 29.1 Å². The van der Waals surface area contributed by atoms with E-state index in [1.165, 1.54) is 12.4 Å². The molecule has 0 aliphatic carbocycles. The van der Waals surface area contributed by atoms with Crippen molar-refractivity contribution in [3.05, 3.63) is 36.4 Å². The number of nitrogens with zero attached hydrogens (tertiary/aromatic N) is 3. The molecule has 2 rings (SSSR count). The van der Waals surface area contributed by atoms with Crippen molar-refractivity contribution >= 4 is 23.0 Å². The lowest BCUT2D eigenvalue weighted by molar-refractivity contribution is 0.492. The summed E-state index contributed by atoms with van der Waals surface area (Å²) < 4.78 is 13.5. The van der Waals surface area contributed by atoms with Gasteiger partial charge < -0.3 is 16.5 Å². The zero-order valence-corrected chi connectivity index (χ0v) is 10.7. The van der Waals surface area contributed by atoms with Crippen LogP contribution in [0.1, 0.15) is 0 Å². The first-order valence-electron chi connectivity index (χ1n) is 5.64. The Hall–Kier alpha value is -2.41. The smallest absolute Gasteiger partial charge is 0.169 e. The number of rotatable bonds is 4. The van der Waals surface area contributed by atoms with Gasteiger partial charge in [0.25, 0.3) is 0 Å². The van der Waals surface area contributed by atoms with Crippen LogP contribution in [0, 0.1) is 5.82 Å². The third kappa shape index (κ3) is 3.08. The van der Waals surface area contributed by atoms with Gasteiger partial charge in [0, 0.05) is 14.1 Å². The molecule has 0 aliphatic heterocycles. The third-order valence-electron chi connectivity index (χ3n) is 2.34. The maximum absolute atomic E-state index is 13.5. The van der Waals surface area contributed by atoms with Gasteiger partial charge in [-0.25, -0.2) is 19.4 Å². The van der Waals surface area contributed by atoms with Crippen molar-refractivity contribution in [2.24, 2.45) is 0 Å². The molecule has 0 saturated carbocycles. The van der Waals surface area contributed by atoms with Crippen molar-refractivity contribution in [3.8, 4) is 0 Å². The van der Waals surface area contributed by atoms with Gasteiger partial charge in [-0.2, -0.15) is 0 Å². The highest BCUT2D eigenvalue weighted by Gasteiger charge is 2.10. The Morgan fingerprint density at radius 3 is 2.53 bits per heavy atom. The molecule has 19 heavy (non-hydrogen) atoms. The maximum atomic E-state index is 13.5. The molecule has 1 heterocycles. The normalized spacial score (nSPS) is 10.5. The Kier molecular flexibility index (Phi) is 3.76. The molecule has 0 aliphatic rings. The molecule has 2 aromatic rings. The van der Waals surface area contributed by atoms with Gasteiger partial charge in [0.15, 0.2) is 11.6 Å². The first-order valence-corrected chi connectivity index (χ1v) is 5.64. The number of anilines is 4. The van der Waals surface area contributed by atoms with Crippen LogP contribution >= 0.6 is 0 Å². The van der Waals surface area contributed by atoms with Gasteiger partial charge in [0.2, 0.25) is 0 Å². The van der Waals surface area contributed by atoms with Gasteiger partial charge in [-0.3, -0.25) is 0 Å². The largest absolute Gasteiger partial charge is 0.393 e. The number of aromatic nitrogens is 2. The summed E-state index contributed by atoms with van der Waals surface area (Å²) in [7, 11) is 3.62. The summed E-state index contributed by atoms with van der Waals surface area (Å²) in [5.74, 6) is 0.436. The average Bonchev–Trinajstić information content (AvgIpc) is 2.36. The van der Waals surface area contributed by atoms with Crippen LogP contribution in [0.3, 0.4) is 0 Å². The molecular formula is C12H15FN6. The minimum absolute atomic E-state index is 0.309. The predicted octanol–water partition coefficient (Wildman–Crippen LogP) is 1.83. The van der Waals surface area contributed by atoms with E-state index >= 15 is 0 Å². The lowest BCUT2D eigenvalue weighted by Crippen LogP contribution is -2.21. The van der Waals surface area contributed by atoms with Crippen molar-refractivity contribution in [1.82, 2.24) is 15.0 Å². The van der Waals surface area contributed by atoms with E-state index in [9.17, 15) is 4.39 Å². The van der Waals surface area contributed by atoms with Crippen LogP contribution in [0.25, 0.3) is 0 Å². The maximum Gasteiger partial charge on any atom is 0.169 e. The molecule has 4 N–H and O–H groups in total. The highest BCUT2D eigenvalue weighted by molar-refractivity contribution is 5.77. The number of para-hydroxylation sites is 1. The molecule has 0 unspecified atom stereocenters. The van der Waals surface area contributed by atoms with E-state index in [1.54, 1.807) is 23.2 Å². The molecular weight excluding hydrogens is 247 g/mol. The quantitative estimate of drug-likeness (QED) is 0.729. The molecule has 6 nitrogen and oxygen atoms in total. The molecule has 0 amide bonds. The average molecular weight is 262 g/mol. The van der Waals surface area contributed by atoms with E-state index < -0.39 is 0 Å². The first kappa shape index (κ1) is 13.0. The number of nitrogen functional groups attached to an aromatic ring is 1. The number of hydrogen-bond acceptors (Lipinski definition) is 6. The number of hydrogen-bond donors (Lipinski definition) is 3. The van der Waals surface area contributed by atoms with Crippen molar-refractivity contribution in [2.45, 2.75) is 0 Å². The number of nitrogens with two attached hydrogens (primary N) is 1. The summed E-state index contributed by atoms with van der Waals surface area (Å²) >= 11 is 0. The molecule has 0 spiro atoms. The molecule has 0 atom stereocenters. The number of nitrogens with one attached hydrogen (secondary N) is 2. The standard InChI is InChI=1S/C12H15FN6/c1-19(2)18-12-10(14)11(15-7-16-12)17-9-6-4-3-5-8(9)13/h3-7H,14H2,1-2H3,(H2,15,16,17,18). The molecule has 7 heteroatoms. The van der Waals surface area contributed by atoms with E-state index in [0.29, 0.717) is 23.0 Å².